The molecule has 0 unspecified atom stereocenters. The molecule has 3 heteroatoms. The monoisotopic (exact) mass is 176 g/mol. The van der Waals surface area contributed by atoms with Gasteiger partial charge in [0, 0.05) is 32.7 Å². The van der Waals surface area contributed by atoms with Gasteiger partial charge in [0.2, 0.25) is 0 Å². The molecule has 11 heavy (non-hydrogen) atoms. The van der Waals surface area contributed by atoms with Gasteiger partial charge in [0.25, 0.3) is 0 Å². The van der Waals surface area contributed by atoms with E-state index in [1.165, 1.54) is 45.6 Å². The molecule has 0 atom stereocenters. The van der Waals surface area contributed by atoms with Gasteiger partial charge >= 0.3 is 0 Å². The third-order valence-corrected chi connectivity index (χ3v) is 2.42. The van der Waals surface area contributed by atoms with E-state index in [0.717, 1.165) is 5.92 Å². The van der Waals surface area contributed by atoms with Crippen LogP contribution in [-0.4, -0.2) is 37.6 Å². The fourth-order valence-corrected chi connectivity index (χ4v) is 1.56. The summed E-state index contributed by atoms with van der Waals surface area (Å²) in [5.74, 6) is 1.07. The van der Waals surface area contributed by atoms with Crippen LogP contribution in [0.5, 0.6) is 0 Å². The number of hydrogen-bond acceptors (Lipinski definition) is 2. The summed E-state index contributed by atoms with van der Waals surface area (Å²) in [5, 5.41) is 3.37. The van der Waals surface area contributed by atoms with Crippen molar-refractivity contribution < 1.29 is 0 Å². The second-order valence-corrected chi connectivity index (χ2v) is 3.49. The Kier molecular flexibility index (Phi) is 3.63. The van der Waals surface area contributed by atoms with Gasteiger partial charge in [-0.2, -0.15) is 0 Å². The van der Waals surface area contributed by atoms with Crippen LogP contribution >= 0.6 is 12.4 Å². The first-order chi connectivity index (χ1) is 4.95. The third-order valence-electron chi connectivity index (χ3n) is 2.42. The molecule has 0 amide bonds. The molecule has 0 spiro atoms. The molecule has 1 saturated carbocycles. The molecule has 1 aliphatic heterocycles. The zero-order valence-corrected chi connectivity index (χ0v) is 7.70. The van der Waals surface area contributed by atoms with Crippen LogP contribution in [0.4, 0.5) is 0 Å². The summed E-state index contributed by atoms with van der Waals surface area (Å²) in [5.41, 5.74) is 0. The van der Waals surface area contributed by atoms with E-state index in [1.54, 1.807) is 0 Å². The summed E-state index contributed by atoms with van der Waals surface area (Å²) in [7, 11) is 0. The second kappa shape index (κ2) is 4.29. The normalized spacial score (nSPS) is 26.2. The SMILES string of the molecule is C1CN(CC2CC2)CCN1.Cl. The van der Waals surface area contributed by atoms with Gasteiger partial charge in [-0.3, -0.25) is 0 Å². The Labute approximate surface area is 74.7 Å². The molecule has 2 nitrogen and oxygen atoms in total. The maximum atomic E-state index is 3.37. The molecule has 0 bridgehead atoms. The highest BCUT2D eigenvalue weighted by atomic mass is 35.5. The summed E-state index contributed by atoms with van der Waals surface area (Å²) in [4.78, 5) is 2.59. The lowest BCUT2D eigenvalue weighted by atomic mass is 10.3. The predicted molar refractivity (Wildman–Crippen MR) is 49.3 cm³/mol. The first-order valence-corrected chi connectivity index (χ1v) is 4.38. The molecule has 1 heterocycles. The van der Waals surface area contributed by atoms with Gasteiger partial charge in [-0.1, -0.05) is 0 Å². The number of nitrogens with one attached hydrogen (secondary N) is 1. The summed E-state index contributed by atoms with van der Waals surface area (Å²) in [6.45, 7) is 6.33. The van der Waals surface area contributed by atoms with Crippen molar-refractivity contribution in [3.63, 3.8) is 0 Å². The lowest BCUT2D eigenvalue weighted by Crippen LogP contribution is -2.44. The van der Waals surface area contributed by atoms with E-state index in [9.17, 15) is 0 Å². The Balaban J connectivity index is 0.000000605. The molecule has 1 saturated heterocycles. The van der Waals surface area contributed by atoms with Crippen LogP contribution in [0.25, 0.3) is 0 Å². The minimum Gasteiger partial charge on any atom is -0.314 e. The first kappa shape index (κ1) is 9.30. The molecule has 0 radical (unpaired) electrons. The molecule has 66 valence electrons. The van der Waals surface area contributed by atoms with Gasteiger partial charge in [-0.25, -0.2) is 0 Å². The average molecular weight is 177 g/mol. The average Bonchev–Trinajstić information content (AvgIpc) is 2.74. The van der Waals surface area contributed by atoms with Gasteiger partial charge in [0.05, 0.1) is 0 Å². The lowest BCUT2D eigenvalue weighted by molar-refractivity contribution is 0.232. The molecule has 1 N–H and O–H groups in total. The predicted octanol–water partition coefficient (Wildman–Crippen LogP) is 0.723. The molecular formula is C8H17ClN2. The van der Waals surface area contributed by atoms with Crippen LogP contribution in [-0.2, 0) is 0 Å². The Hall–Kier alpha value is 0.210. The Morgan fingerprint density at radius 2 is 1.82 bits per heavy atom. The molecular weight excluding hydrogens is 160 g/mol. The molecule has 2 rings (SSSR count). The Morgan fingerprint density at radius 3 is 2.36 bits per heavy atom. The summed E-state index contributed by atoms with van der Waals surface area (Å²) >= 11 is 0. The van der Waals surface area contributed by atoms with Crippen molar-refractivity contribution in [2.75, 3.05) is 32.7 Å². The lowest BCUT2D eigenvalue weighted by Gasteiger charge is -2.26. The topological polar surface area (TPSA) is 15.3 Å². The molecule has 2 fully saturated rings. The molecule has 1 aliphatic carbocycles. The highest BCUT2D eigenvalue weighted by molar-refractivity contribution is 5.85. The first-order valence-electron chi connectivity index (χ1n) is 4.38. The van der Waals surface area contributed by atoms with Crippen LogP contribution in [0.15, 0.2) is 0 Å². The van der Waals surface area contributed by atoms with Crippen molar-refractivity contribution in [3.8, 4) is 0 Å². The quantitative estimate of drug-likeness (QED) is 0.668. The van der Waals surface area contributed by atoms with Gasteiger partial charge in [-0.15, -0.1) is 12.4 Å². The van der Waals surface area contributed by atoms with Gasteiger partial charge in [-0.05, 0) is 18.8 Å². The van der Waals surface area contributed by atoms with Gasteiger partial charge in [0.15, 0.2) is 0 Å². The smallest absolute Gasteiger partial charge is 0.0107 e. The van der Waals surface area contributed by atoms with E-state index < -0.39 is 0 Å². The van der Waals surface area contributed by atoms with E-state index >= 15 is 0 Å². The molecule has 2 aliphatic rings. The molecule has 0 aromatic rings. The Bertz CT molecular complexity index is 109. The van der Waals surface area contributed by atoms with E-state index in [2.05, 4.69) is 10.2 Å². The Morgan fingerprint density at radius 1 is 1.18 bits per heavy atom. The second-order valence-electron chi connectivity index (χ2n) is 3.49. The zero-order chi connectivity index (χ0) is 6.81. The van der Waals surface area contributed by atoms with Crippen molar-refractivity contribution in [1.29, 1.82) is 0 Å². The van der Waals surface area contributed by atoms with Crippen molar-refractivity contribution in [2.24, 2.45) is 5.92 Å². The van der Waals surface area contributed by atoms with Crippen molar-refractivity contribution in [3.05, 3.63) is 0 Å². The van der Waals surface area contributed by atoms with Gasteiger partial charge < -0.3 is 10.2 Å². The number of piperazine rings is 1. The van der Waals surface area contributed by atoms with Crippen molar-refractivity contribution >= 4 is 12.4 Å². The van der Waals surface area contributed by atoms with Crippen LogP contribution in [0, 0.1) is 5.92 Å². The molecule has 0 aromatic heterocycles. The van der Waals surface area contributed by atoms with Crippen LogP contribution in [0.1, 0.15) is 12.8 Å². The van der Waals surface area contributed by atoms with Crippen LogP contribution in [0.2, 0.25) is 0 Å². The minimum atomic E-state index is 0. The number of nitrogens with zero attached hydrogens (tertiary/aromatic N) is 1. The van der Waals surface area contributed by atoms with E-state index in [1.807, 2.05) is 0 Å². The number of rotatable bonds is 2. The van der Waals surface area contributed by atoms with E-state index in [4.69, 9.17) is 0 Å². The van der Waals surface area contributed by atoms with E-state index in [-0.39, 0.29) is 12.4 Å². The van der Waals surface area contributed by atoms with Gasteiger partial charge in [0.1, 0.15) is 0 Å². The third kappa shape index (κ3) is 2.97. The number of halogens is 1. The molecule has 0 aromatic carbocycles. The highest BCUT2D eigenvalue weighted by Crippen LogP contribution is 2.29. The van der Waals surface area contributed by atoms with Crippen molar-refractivity contribution in [2.45, 2.75) is 12.8 Å². The fraction of sp³-hybridized carbons (Fsp3) is 1.00. The summed E-state index contributed by atoms with van der Waals surface area (Å²) in [6, 6.07) is 0. The fourth-order valence-electron chi connectivity index (χ4n) is 1.56. The van der Waals surface area contributed by atoms with Crippen LogP contribution in [0.3, 0.4) is 0 Å². The summed E-state index contributed by atoms with van der Waals surface area (Å²) < 4.78 is 0. The van der Waals surface area contributed by atoms with Crippen LogP contribution < -0.4 is 5.32 Å². The zero-order valence-electron chi connectivity index (χ0n) is 6.88. The minimum absolute atomic E-state index is 0. The largest absolute Gasteiger partial charge is 0.314 e. The van der Waals surface area contributed by atoms with E-state index in [0.29, 0.717) is 0 Å². The highest BCUT2D eigenvalue weighted by Gasteiger charge is 2.24. The maximum Gasteiger partial charge on any atom is 0.0107 e. The maximum absolute atomic E-state index is 3.37. The standard InChI is InChI=1S/C8H16N2.ClH/c1-2-8(1)7-10-5-3-9-4-6-10;/h8-9H,1-7H2;1H. The summed E-state index contributed by atoms with van der Waals surface area (Å²) in [6.07, 6.45) is 2.98. The number of hydrogen-bond donors (Lipinski definition) is 1. The van der Waals surface area contributed by atoms with Crippen molar-refractivity contribution in [1.82, 2.24) is 10.2 Å².